The van der Waals surface area contributed by atoms with Crippen molar-refractivity contribution >= 4 is 33.3 Å². The minimum atomic E-state index is -4.12. The van der Waals surface area contributed by atoms with E-state index in [4.69, 9.17) is 21.4 Å². The zero-order chi connectivity index (χ0) is 18.8. The highest BCUT2D eigenvalue weighted by molar-refractivity contribution is 7.92. The van der Waals surface area contributed by atoms with Crippen LogP contribution in [0.5, 0.6) is 5.75 Å². The van der Waals surface area contributed by atoms with Crippen molar-refractivity contribution in [3.63, 3.8) is 0 Å². The molecule has 0 bridgehead atoms. The van der Waals surface area contributed by atoms with Crippen LogP contribution >= 0.6 is 11.6 Å². The molecule has 0 heterocycles. The second-order valence-corrected chi connectivity index (χ2v) is 7.33. The van der Waals surface area contributed by atoms with E-state index in [1.54, 1.807) is 6.92 Å². The molecule has 0 aliphatic carbocycles. The van der Waals surface area contributed by atoms with Gasteiger partial charge in [0.1, 0.15) is 11.6 Å². The maximum Gasteiger partial charge on any atom is 0.341 e. The number of anilines is 1. The normalized spacial score (nSPS) is 11.2. The number of carbonyl (C=O) groups is 1. The monoisotopic (exact) mass is 387 g/mol. The standard InChI is InChI=1S/C16H15ClFNO5S/c1-9-3-6-14(10(2)16(9)24-8-15(20)21)25(22,23)19-13-5-4-11(17)7-12(13)18/h3-7,19H,8H2,1-2H3,(H,20,21). The number of benzene rings is 2. The Hall–Kier alpha value is -2.32. The van der Waals surface area contributed by atoms with Crippen molar-refractivity contribution < 1.29 is 27.4 Å². The summed E-state index contributed by atoms with van der Waals surface area (Å²) >= 11 is 5.65. The molecule has 6 nitrogen and oxygen atoms in total. The molecule has 0 radical (unpaired) electrons. The van der Waals surface area contributed by atoms with E-state index < -0.39 is 28.4 Å². The first kappa shape index (κ1) is 19.0. The van der Waals surface area contributed by atoms with Gasteiger partial charge in [0.05, 0.1) is 10.6 Å². The van der Waals surface area contributed by atoms with Crippen LogP contribution in [0.15, 0.2) is 35.2 Å². The Labute approximate surface area is 149 Å². The van der Waals surface area contributed by atoms with Crippen molar-refractivity contribution in [1.29, 1.82) is 0 Å². The van der Waals surface area contributed by atoms with E-state index >= 15 is 0 Å². The highest BCUT2D eigenvalue weighted by Gasteiger charge is 2.22. The van der Waals surface area contributed by atoms with Crippen LogP contribution in [0.2, 0.25) is 5.02 Å². The number of aryl methyl sites for hydroxylation is 1. The molecule has 0 spiro atoms. The van der Waals surface area contributed by atoms with Crippen LogP contribution in [-0.2, 0) is 14.8 Å². The van der Waals surface area contributed by atoms with Gasteiger partial charge in [-0.3, -0.25) is 4.72 Å². The number of halogens is 2. The molecule has 134 valence electrons. The van der Waals surface area contributed by atoms with Gasteiger partial charge in [-0.15, -0.1) is 0 Å². The summed E-state index contributed by atoms with van der Waals surface area (Å²) in [5.74, 6) is -1.85. The average Bonchev–Trinajstić information content (AvgIpc) is 2.49. The Bertz CT molecular complexity index is 930. The minimum Gasteiger partial charge on any atom is -0.481 e. The lowest BCUT2D eigenvalue weighted by Gasteiger charge is -2.16. The smallest absolute Gasteiger partial charge is 0.341 e. The van der Waals surface area contributed by atoms with Crippen molar-refractivity contribution in [3.05, 3.63) is 52.3 Å². The molecule has 0 aliphatic rings. The zero-order valence-electron chi connectivity index (χ0n) is 13.3. The third-order valence-electron chi connectivity index (χ3n) is 3.36. The summed E-state index contributed by atoms with van der Waals surface area (Å²) in [6.07, 6.45) is 0. The maximum absolute atomic E-state index is 13.8. The van der Waals surface area contributed by atoms with Gasteiger partial charge in [0.2, 0.25) is 0 Å². The molecular formula is C16H15ClFNO5S. The van der Waals surface area contributed by atoms with Crippen molar-refractivity contribution in [2.45, 2.75) is 18.7 Å². The lowest BCUT2D eigenvalue weighted by Crippen LogP contribution is -2.17. The maximum atomic E-state index is 13.8. The second kappa shape index (κ2) is 7.28. The molecule has 25 heavy (non-hydrogen) atoms. The second-order valence-electron chi connectivity index (χ2n) is 5.25. The molecule has 0 amide bonds. The van der Waals surface area contributed by atoms with E-state index in [0.717, 1.165) is 6.07 Å². The summed E-state index contributed by atoms with van der Waals surface area (Å²) in [4.78, 5) is 10.5. The molecule has 2 aromatic carbocycles. The fourth-order valence-electron chi connectivity index (χ4n) is 2.23. The van der Waals surface area contributed by atoms with Gasteiger partial charge in [-0.1, -0.05) is 17.7 Å². The van der Waals surface area contributed by atoms with Crippen LogP contribution in [0.1, 0.15) is 11.1 Å². The van der Waals surface area contributed by atoms with Gasteiger partial charge in [-0.2, -0.15) is 0 Å². The van der Waals surface area contributed by atoms with Gasteiger partial charge in [-0.05, 0) is 43.7 Å². The molecular weight excluding hydrogens is 373 g/mol. The molecule has 0 aliphatic heterocycles. The highest BCUT2D eigenvalue weighted by Crippen LogP contribution is 2.31. The fraction of sp³-hybridized carbons (Fsp3) is 0.188. The van der Waals surface area contributed by atoms with Crippen molar-refractivity contribution in [3.8, 4) is 5.75 Å². The topological polar surface area (TPSA) is 92.7 Å². The lowest BCUT2D eigenvalue weighted by atomic mass is 10.1. The van der Waals surface area contributed by atoms with E-state index in [1.807, 2.05) is 0 Å². The summed E-state index contributed by atoms with van der Waals surface area (Å²) in [6.45, 7) is 2.54. The van der Waals surface area contributed by atoms with Crippen LogP contribution in [0.4, 0.5) is 10.1 Å². The largest absolute Gasteiger partial charge is 0.481 e. The van der Waals surface area contributed by atoms with E-state index in [-0.39, 0.29) is 26.9 Å². The van der Waals surface area contributed by atoms with Crippen LogP contribution in [-0.4, -0.2) is 26.1 Å². The van der Waals surface area contributed by atoms with Gasteiger partial charge >= 0.3 is 5.97 Å². The Morgan fingerprint density at radius 2 is 1.96 bits per heavy atom. The fourth-order valence-corrected chi connectivity index (χ4v) is 3.69. The van der Waals surface area contributed by atoms with E-state index in [2.05, 4.69) is 4.72 Å². The first-order valence-electron chi connectivity index (χ1n) is 7.04. The summed E-state index contributed by atoms with van der Waals surface area (Å²) in [5.41, 5.74) is 0.552. The third kappa shape index (κ3) is 4.40. The van der Waals surface area contributed by atoms with Crippen molar-refractivity contribution in [1.82, 2.24) is 0 Å². The van der Waals surface area contributed by atoms with E-state index in [0.29, 0.717) is 5.56 Å². The van der Waals surface area contributed by atoms with Gasteiger partial charge in [0, 0.05) is 10.6 Å². The quantitative estimate of drug-likeness (QED) is 0.792. The van der Waals surface area contributed by atoms with Crippen LogP contribution in [0, 0.1) is 19.7 Å². The minimum absolute atomic E-state index is 0.135. The molecule has 0 atom stereocenters. The molecule has 9 heteroatoms. The summed E-state index contributed by atoms with van der Waals surface area (Å²) in [5, 5.41) is 8.86. The van der Waals surface area contributed by atoms with Gasteiger partial charge in [0.25, 0.3) is 10.0 Å². The molecule has 2 aromatic rings. The number of aliphatic carboxylic acids is 1. The van der Waals surface area contributed by atoms with Gasteiger partial charge < -0.3 is 9.84 Å². The zero-order valence-corrected chi connectivity index (χ0v) is 14.9. The number of rotatable bonds is 6. The molecule has 0 unspecified atom stereocenters. The summed E-state index contributed by atoms with van der Waals surface area (Å²) in [7, 11) is -4.12. The average molecular weight is 388 g/mol. The van der Waals surface area contributed by atoms with Crippen LogP contribution in [0.25, 0.3) is 0 Å². The summed E-state index contributed by atoms with van der Waals surface area (Å²) < 4.78 is 46.3. The number of nitrogens with one attached hydrogen (secondary N) is 1. The first-order chi connectivity index (χ1) is 11.6. The van der Waals surface area contributed by atoms with Gasteiger partial charge in [-0.25, -0.2) is 17.6 Å². The molecule has 0 aromatic heterocycles. The Kier molecular flexibility index (Phi) is 5.54. The Morgan fingerprint density at radius 1 is 1.28 bits per heavy atom. The number of ether oxygens (including phenoxy) is 1. The number of carboxylic acid groups (broad SMARTS) is 1. The molecule has 0 saturated heterocycles. The predicted molar refractivity (Wildman–Crippen MR) is 91.3 cm³/mol. The molecule has 0 saturated carbocycles. The predicted octanol–water partition coefficient (Wildman–Crippen LogP) is 3.36. The molecule has 2 N–H and O–H groups in total. The molecule has 0 fully saturated rings. The first-order valence-corrected chi connectivity index (χ1v) is 8.90. The summed E-state index contributed by atoms with van der Waals surface area (Å²) in [6, 6.07) is 6.38. The Balaban J connectivity index is 2.42. The van der Waals surface area contributed by atoms with Crippen molar-refractivity contribution in [2.75, 3.05) is 11.3 Å². The number of hydrogen-bond donors (Lipinski definition) is 2. The number of hydrogen-bond acceptors (Lipinski definition) is 4. The number of carboxylic acids is 1. The molecule has 2 rings (SSSR count). The van der Waals surface area contributed by atoms with Gasteiger partial charge in [0.15, 0.2) is 6.61 Å². The SMILES string of the molecule is Cc1ccc(S(=O)(=O)Nc2ccc(Cl)cc2F)c(C)c1OCC(=O)O. The Morgan fingerprint density at radius 3 is 2.56 bits per heavy atom. The third-order valence-corrected chi connectivity index (χ3v) is 5.10. The van der Waals surface area contributed by atoms with Crippen LogP contribution < -0.4 is 9.46 Å². The highest BCUT2D eigenvalue weighted by atomic mass is 35.5. The van der Waals surface area contributed by atoms with Crippen LogP contribution in [0.3, 0.4) is 0 Å². The van der Waals surface area contributed by atoms with Crippen molar-refractivity contribution in [2.24, 2.45) is 0 Å². The number of sulfonamides is 1. The lowest BCUT2D eigenvalue weighted by molar-refractivity contribution is -0.139. The van der Waals surface area contributed by atoms with E-state index in [1.165, 1.54) is 31.2 Å². The van der Waals surface area contributed by atoms with E-state index in [9.17, 15) is 17.6 Å².